The van der Waals surface area contributed by atoms with Gasteiger partial charge in [-0.2, -0.15) is 18.3 Å². The zero-order valence-electron chi connectivity index (χ0n) is 85.6. The van der Waals surface area contributed by atoms with Crippen molar-refractivity contribution in [2.75, 3.05) is 77.4 Å². The van der Waals surface area contributed by atoms with Crippen LogP contribution in [0.25, 0.3) is 0 Å². The third-order valence-corrected chi connectivity index (χ3v) is 29.5. The number of hydrogen-bond acceptors (Lipinski definition) is 24. The zero-order valence-corrected chi connectivity index (χ0v) is 85.6. The van der Waals surface area contributed by atoms with Crippen LogP contribution in [-0.2, 0) is 102 Å². The second-order valence-corrected chi connectivity index (χ2v) is 39.7. The number of nitrogens with zero attached hydrogens (tertiary/aromatic N) is 20. The normalized spacial score (nSPS) is 20.3. The number of halogens is 3. The van der Waals surface area contributed by atoms with Crippen LogP contribution < -0.4 is 52.8 Å². The third kappa shape index (κ3) is 26.0. The number of carbonyl (C=O) groups excluding carboxylic acids is 12. The summed E-state index contributed by atoms with van der Waals surface area (Å²) in [6, 6.07) is 17.6. The standard InChI is InChI=1S/C28H34N6O3.C28H40N6O3.C25H35N7O3.C24H30F3N7O3/c1-6-20(21-10-8-7-9-11-21)15-25(35)34-26(28(37)33(5)24-16-32(4)17-30-24)22(27(34)36)13-19-12-18(2)31-23(14-19)29-3;1-4-5-9-21(20-10-7-6-8-11-20)18-25(35)34-26(28(37)33(3)24-13-15-32(2)31-24)22(27(34)36)16-19-12-14-30-23(29)17-19;1-4-19(17-8-6-5-7-9-17)29-25(35)32-22(24(34)31(3)21-14-30(2)15-28-21)18(23(32)33)12-16-10-11-27-20(26)13-16;1-32-12-18(30-13-32)33(2)22(36)19-16(10-14-8-9-29-17(28)11-14)21(35)34(19)23(37)31-20(24(25,26)27)15-6-4-3-5-7-15/h7-12,14,16-17,20,22,26H,6,13,15H2,1-5H3,(H,29,31);12-15,17,20-22,26H,4-11,16,18H2,1-3H3,(H2,29,30);10-11,13-15,17-19,22H,4-9,12H2,1-3H3,(H2,26,27)(H,29,35);8-9,11-13,15-16,19-20H,3-7,10H2,1-2H3,(H2,28,29)(H,31,37)/t20-,22+,26-;21-,22+,26-;18-,19-,22+;16-,19+,20+/m0011/s1. The van der Waals surface area contributed by atoms with Gasteiger partial charge in [-0.25, -0.2) is 44.5 Å². The number of hydrogen-bond donors (Lipinski definition) is 6. The largest absolute Gasteiger partial charge is 0.408 e. The number of urea groups is 2. The van der Waals surface area contributed by atoms with E-state index >= 15 is 0 Å². The van der Waals surface area contributed by atoms with E-state index in [9.17, 15) is 70.7 Å². The van der Waals surface area contributed by atoms with Gasteiger partial charge in [-0.05, 0) is 183 Å². The van der Waals surface area contributed by atoms with Gasteiger partial charge in [-0.1, -0.05) is 135 Å². The van der Waals surface area contributed by atoms with Crippen molar-refractivity contribution in [1.82, 2.24) is 88.6 Å². The Labute approximate surface area is 849 Å². The molecule has 12 heterocycles. The highest BCUT2D eigenvalue weighted by Crippen LogP contribution is 2.44. The number of pyridine rings is 4. The lowest BCUT2D eigenvalue weighted by molar-refractivity contribution is -0.171. The molecular formula is C105H139F3N26O12. The Kier molecular flexibility index (Phi) is 36.6. The van der Waals surface area contributed by atoms with Crippen molar-refractivity contribution in [2.45, 2.75) is 243 Å². The second-order valence-electron chi connectivity index (χ2n) is 39.7. The molecule has 3 aliphatic carbocycles. The first-order valence-electron chi connectivity index (χ1n) is 50.7. The molecule has 7 fully saturated rings. The van der Waals surface area contributed by atoms with Gasteiger partial charge in [0.2, 0.25) is 35.4 Å². The number of unbranched alkanes of at least 4 members (excludes halogenated alkanes) is 1. The van der Waals surface area contributed by atoms with E-state index < -0.39 is 89.9 Å². The Morgan fingerprint density at radius 1 is 0.459 bits per heavy atom. The Morgan fingerprint density at radius 3 is 1.23 bits per heavy atom. The average Bonchev–Trinajstić information content (AvgIpc) is 0.765. The highest BCUT2D eigenvalue weighted by Gasteiger charge is 2.61. The van der Waals surface area contributed by atoms with E-state index in [-0.39, 0.29) is 89.6 Å². The van der Waals surface area contributed by atoms with E-state index in [1.165, 1.54) is 74.7 Å². The number of benzene rings is 1. The molecule has 12 atom stereocenters. The Balaban J connectivity index is 0.000000163. The number of carbonyl (C=O) groups is 12. The number of nitrogen functional groups attached to an aromatic ring is 3. The van der Waals surface area contributed by atoms with E-state index in [1.807, 2.05) is 82.6 Å². The fourth-order valence-corrected chi connectivity index (χ4v) is 21.4. The lowest BCUT2D eigenvalue weighted by atomic mass is 9.75. The summed E-state index contributed by atoms with van der Waals surface area (Å²) >= 11 is 0. The number of amides is 14. The molecule has 3 saturated carbocycles. The molecule has 782 valence electrons. The van der Waals surface area contributed by atoms with Crippen LogP contribution in [0.4, 0.5) is 69.3 Å². The summed E-state index contributed by atoms with van der Waals surface area (Å²) in [4.78, 5) is 200. The van der Waals surface area contributed by atoms with Crippen LogP contribution in [0, 0.1) is 54.3 Å². The highest BCUT2D eigenvalue weighted by molar-refractivity contribution is 6.16. The minimum atomic E-state index is -4.69. The van der Waals surface area contributed by atoms with Crippen molar-refractivity contribution in [3.05, 3.63) is 181 Å². The number of β-lactam (4-membered cyclic amide) rings is 4. The lowest BCUT2D eigenvalue weighted by Gasteiger charge is -2.46. The molecule has 38 nitrogen and oxygen atoms in total. The van der Waals surface area contributed by atoms with E-state index in [0.29, 0.717) is 109 Å². The predicted molar refractivity (Wildman–Crippen MR) is 545 cm³/mol. The number of nitrogens with one attached hydrogen (secondary N) is 3. The maximum Gasteiger partial charge on any atom is 0.408 e. The summed E-state index contributed by atoms with van der Waals surface area (Å²) < 4.78 is 48.5. The summed E-state index contributed by atoms with van der Waals surface area (Å²) in [5.74, 6) is -3.15. The van der Waals surface area contributed by atoms with Crippen LogP contribution in [0.5, 0.6) is 0 Å². The molecule has 4 aliphatic heterocycles. The second kappa shape index (κ2) is 49.1. The number of nitrogens with two attached hydrogens (primary N) is 3. The average molecular weight is 2010 g/mol. The molecule has 0 unspecified atom stereocenters. The number of aromatic nitrogens is 12. The van der Waals surface area contributed by atoms with Gasteiger partial charge >= 0.3 is 18.2 Å². The molecule has 16 rings (SSSR count). The molecule has 146 heavy (non-hydrogen) atoms. The van der Waals surface area contributed by atoms with Gasteiger partial charge in [-0.3, -0.25) is 91.8 Å². The zero-order chi connectivity index (χ0) is 105. The van der Waals surface area contributed by atoms with Crippen LogP contribution in [-0.4, -0.2) is 227 Å². The summed E-state index contributed by atoms with van der Waals surface area (Å²) in [5.41, 5.74) is 22.3. The Hall–Kier alpha value is -14.3. The molecular weight excluding hydrogens is 1870 g/mol. The van der Waals surface area contributed by atoms with Crippen LogP contribution in [0.3, 0.4) is 0 Å². The van der Waals surface area contributed by atoms with E-state index in [4.69, 9.17) is 17.2 Å². The molecule has 1 aromatic carbocycles. The first-order chi connectivity index (χ1) is 69.8. The van der Waals surface area contributed by atoms with Gasteiger partial charge in [0.05, 0.1) is 42.7 Å². The van der Waals surface area contributed by atoms with Crippen molar-refractivity contribution in [3.8, 4) is 0 Å². The number of imidazole rings is 3. The van der Waals surface area contributed by atoms with E-state index in [0.717, 1.165) is 110 Å². The van der Waals surface area contributed by atoms with Crippen molar-refractivity contribution in [1.29, 1.82) is 0 Å². The van der Waals surface area contributed by atoms with Gasteiger partial charge in [0.15, 0.2) is 23.3 Å². The van der Waals surface area contributed by atoms with Crippen molar-refractivity contribution in [3.63, 3.8) is 0 Å². The number of aryl methyl sites for hydroxylation is 5. The van der Waals surface area contributed by atoms with Gasteiger partial charge in [0.25, 0.3) is 23.6 Å². The monoisotopic (exact) mass is 2010 g/mol. The van der Waals surface area contributed by atoms with Crippen LogP contribution >= 0.6 is 0 Å². The Morgan fingerprint density at radius 2 is 0.849 bits per heavy atom. The molecule has 0 radical (unpaired) electrons. The van der Waals surface area contributed by atoms with Crippen LogP contribution in [0.1, 0.15) is 201 Å². The number of likely N-dealkylation sites (tertiary alicyclic amines) is 4. The van der Waals surface area contributed by atoms with Gasteiger partial charge in [0.1, 0.15) is 53.5 Å². The van der Waals surface area contributed by atoms with Crippen molar-refractivity contribution in [2.24, 2.45) is 75.5 Å². The number of imide groups is 4. The third-order valence-electron chi connectivity index (χ3n) is 29.5. The van der Waals surface area contributed by atoms with Gasteiger partial charge in [0, 0.05) is 137 Å². The summed E-state index contributed by atoms with van der Waals surface area (Å²) in [6.07, 6.45) is 32.0. The topological polar surface area (TPSA) is 468 Å². The number of likely N-dealkylation sites (N-methyl/N-ethyl adjacent to an activating group) is 4. The number of anilines is 8. The quantitative estimate of drug-likeness (QED) is 0.0213. The minimum Gasteiger partial charge on any atom is -0.384 e. The minimum absolute atomic E-state index is 0.0149. The number of alkyl halides is 3. The SMILES string of the molecule is CCCC[C@@H](CC(=O)N1C(=O)[C@H](Cc2ccnc(N)c2)[C@H]1C(=O)N(C)c1ccn(C)n1)C1CCCCC1.CC[C@@H](CC(=O)N1C(=O)[C@H](Cc2cc(C)nc(NC)c2)[C@H]1C(=O)N(C)c1cn(C)cn1)c1ccccc1.CC[C@@H](NC(=O)N1C(=O)[C@H](Cc2ccnc(N)c2)[C@H]1C(=O)N(C)c1cn(C)cn1)C1CCCCC1.CN(C(=O)[C@@H]1[C@@H](Cc2ccnc(N)c2)C(=O)N1C(=O)N[C@@H](C1CCCCC1)C(F)(F)F)c1cn(C)cn1. The summed E-state index contributed by atoms with van der Waals surface area (Å²) in [6.45, 7) is 8.12. The van der Waals surface area contributed by atoms with E-state index in [1.54, 1.807) is 153 Å². The molecule has 7 aliphatic rings. The van der Waals surface area contributed by atoms with Crippen LogP contribution in [0.15, 0.2) is 147 Å². The maximum atomic E-state index is 13.9. The molecule has 41 heteroatoms. The fraction of sp³-hybridized carbons (Fsp3) is 0.524. The smallest absolute Gasteiger partial charge is 0.384 e. The van der Waals surface area contributed by atoms with Crippen molar-refractivity contribution < 1.29 is 70.7 Å². The molecule has 0 spiro atoms. The molecule has 8 aromatic heterocycles. The molecule has 9 N–H and O–H groups in total. The first-order valence-corrected chi connectivity index (χ1v) is 50.7. The van der Waals surface area contributed by atoms with Gasteiger partial charge < -0.3 is 46.9 Å². The van der Waals surface area contributed by atoms with Gasteiger partial charge in [-0.15, -0.1) is 0 Å². The molecule has 9 aromatic rings. The summed E-state index contributed by atoms with van der Waals surface area (Å²) in [5, 5.41) is 12.5. The molecule has 0 bridgehead atoms. The van der Waals surface area contributed by atoms with Crippen LogP contribution in [0.2, 0.25) is 0 Å². The first kappa shape index (κ1) is 109. The summed E-state index contributed by atoms with van der Waals surface area (Å²) in [7, 11) is 15.2. The predicted octanol–water partition coefficient (Wildman–Crippen LogP) is 12.2. The van der Waals surface area contributed by atoms with Crippen molar-refractivity contribution >= 4 is 118 Å². The Bertz CT molecular complexity index is 6090. The number of rotatable bonds is 32. The molecule has 14 amide bonds. The highest BCUT2D eigenvalue weighted by atomic mass is 19.4. The maximum absolute atomic E-state index is 13.9. The molecule has 4 saturated heterocycles. The lowest BCUT2D eigenvalue weighted by Crippen LogP contribution is -2.71. The fourth-order valence-electron chi connectivity index (χ4n) is 21.4. The van der Waals surface area contributed by atoms with E-state index in [2.05, 4.69) is 57.5 Å².